The van der Waals surface area contributed by atoms with E-state index in [2.05, 4.69) is 0 Å². The Balaban J connectivity index is 1.87. The van der Waals surface area contributed by atoms with E-state index in [1.807, 2.05) is 59.5 Å². The minimum atomic E-state index is -0.493. The Labute approximate surface area is 144 Å². The van der Waals surface area contributed by atoms with E-state index in [9.17, 15) is 9.59 Å². The summed E-state index contributed by atoms with van der Waals surface area (Å²) in [6.45, 7) is 0.400. The molecule has 2 aromatic carbocycles. The molecule has 24 heavy (non-hydrogen) atoms. The number of hydrogen-bond acceptors (Lipinski definition) is 3. The SMILES string of the molecule is NC(=O)CN1CC2(c3ccccc3)CSc3ccccc3N2C1=O. The molecule has 5 nitrogen and oxygen atoms in total. The van der Waals surface area contributed by atoms with Crippen molar-refractivity contribution >= 4 is 29.4 Å². The minimum absolute atomic E-state index is 0.0588. The second kappa shape index (κ2) is 5.56. The standard InChI is InChI=1S/C18H17N3O2S/c19-16(22)10-20-11-18(13-6-2-1-3-7-13)12-24-15-9-5-4-8-14(15)21(18)17(20)23/h1-9H,10-12H2,(H2,19,22). The van der Waals surface area contributed by atoms with Crippen LogP contribution in [0.3, 0.4) is 0 Å². The number of urea groups is 1. The van der Waals surface area contributed by atoms with Crippen molar-refractivity contribution in [1.82, 2.24) is 4.90 Å². The lowest BCUT2D eigenvalue weighted by Crippen LogP contribution is -2.49. The van der Waals surface area contributed by atoms with Crippen molar-refractivity contribution in [2.75, 3.05) is 23.7 Å². The van der Waals surface area contributed by atoms with E-state index < -0.39 is 11.4 Å². The van der Waals surface area contributed by atoms with E-state index in [1.165, 1.54) is 0 Å². The van der Waals surface area contributed by atoms with Crippen LogP contribution in [0.5, 0.6) is 0 Å². The third kappa shape index (κ3) is 2.17. The van der Waals surface area contributed by atoms with Gasteiger partial charge >= 0.3 is 6.03 Å². The molecule has 1 saturated heterocycles. The van der Waals surface area contributed by atoms with Crippen LogP contribution >= 0.6 is 11.8 Å². The van der Waals surface area contributed by atoms with Gasteiger partial charge in [-0.2, -0.15) is 0 Å². The van der Waals surface area contributed by atoms with Gasteiger partial charge in [0.05, 0.1) is 12.2 Å². The molecule has 2 aliphatic rings. The molecule has 1 fully saturated rings. The number of primary amides is 1. The van der Waals surface area contributed by atoms with Gasteiger partial charge in [0, 0.05) is 10.6 Å². The zero-order valence-corrected chi connectivity index (χ0v) is 13.8. The number of rotatable bonds is 3. The first kappa shape index (κ1) is 15.1. The van der Waals surface area contributed by atoms with Crippen LogP contribution in [0, 0.1) is 0 Å². The molecule has 1 atom stereocenters. The second-order valence-corrected chi connectivity index (χ2v) is 7.11. The van der Waals surface area contributed by atoms with Gasteiger partial charge < -0.3 is 10.6 Å². The molecule has 3 amide bonds. The monoisotopic (exact) mass is 339 g/mol. The highest BCUT2D eigenvalue weighted by atomic mass is 32.2. The molecule has 2 aromatic rings. The van der Waals surface area contributed by atoms with Crippen LogP contribution in [0.2, 0.25) is 0 Å². The molecule has 0 spiro atoms. The maximum atomic E-state index is 13.1. The zero-order valence-electron chi connectivity index (χ0n) is 13.0. The Hall–Kier alpha value is -2.47. The van der Waals surface area contributed by atoms with Gasteiger partial charge in [0.15, 0.2) is 0 Å². The highest BCUT2D eigenvalue weighted by Gasteiger charge is 2.54. The predicted octanol–water partition coefficient (Wildman–Crippen LogP) is 2.42. The predicted molar refractivity (Wildman–Crippen MR) is 93.9 cm³/mol. The molecule has 122 valence electrons. The maximum absolute atomic E-state index is 13.1. The highest BCUT2D eigenvalue weighted by Crippen LogP contribution is 2.50. The van der Waals surface area contributed by atoms with Gasteiger partial charge in [0.25, 0.3) is 0 Å². The topological polar surface area (TPSA) is 66.6 Å². The molecule has 2 aliphatic heterocycles. The van der Waals surface area contributed by atoms with Crippen LogP contribution in [0.25, 0.3) is 0 Å². The van der Waals surface area contributed by atoms with Gasteiger partial charge in [0.2, 0.25) is 5.91 Å². The summed E-state index contributed by atoms with van der Waals surface area (Å²) in [5.41, 5.74) is 6.84. The third-order valence-electron chi connectivity index (χ3n) is 4.57. The molecular formula is C18H17N3O2S. The minimum Gasteiger partial charge on any atom is -0.368 e. The molecule has 4 rings (SSSR count). The number of carbonyl (C=O) groups excluding carboxylic acids is 2. The zero-order chi connectivity index (χ0) is 16.7. The lowest BCUT2D eigenvalue weighted by atomic mass is 9.90. The van der Waals surface area contributed by atoms with Crippen LogP contribution in [0.4, 0.5) is 10.5 Å². The second-order valence-electron chi connectivity index (χ2n) is 6.09. The Bertz CT molecular complexity index is 811. The van der Waals surface area contributed by atoms with Crippen molar-refractivity contribution in [1.29, 1.82) is 0 Å². The van der Waals surface area contributed by atoms with Crippen molar-refractivity contribution in [2.45, 2.75) is 10.4 Å². The van der Waals surface area contributed by atoms with Gasteiger partial charge in [-0.3, -0.25) is 9.69 Å². The first-order chi connectivity index (χ1) is 11.6. The van der Waals surface area contributed by atoms with Gasteiger partial charge in [-0.25, -0.2) is 4.79 Å². The summed E-state index contributed by atoms with van der Waals surface area (Å²) < 4.78 is 0. The normalized spacial score (nSPS) is 22.2. The van der Waals surface area contributed by atoms with Crippen LogP contribution in [-0.2, 0) is 10.3 Å². The third-order valence-corrected chi connectivity index (χ3v) is 5.85. The summed E-state index contributed by atoms with van der Waals surface area (Å²) >= 11 is 1.75. The molecule has 0 saturated carbocycles. The maximum Gasteiger partial charge on any atom is 0.325 e. The molecule has 0 aromatic heterocycles. The van der Waals surface area contributed by atoms with E-state index in [0.717, 1.165) is 21.9 Å². The summed E-state index contributed by atoms with van der Waals surface area (Å²) in [6.07, 6.45) is 0. The van der Waals surface area contributed by atoms with Gasteiger partial charge in [-0.15, -0.1) is 11.8 Å². The fourth-order valence-electron chi connectivity index (χ4n) is 3.55. The number of nitrogens with zero attached hydrogens (tertiary/aromatic N) is 2. The number of para-hydroxylation sites is 1. The molecule has 1 unspecified atom stereocenters. The van der Waals surface area contributed by atoms with Gasteiger partial charge in [0.1, 0.15) is 12.1 Å². The smallest absolute Gasteiger partial charge is 0.325 e. The Morgan fingerprint density at radius 3 is 2.58 bits per heavy atom. The quantitative estimate of drug-likeness (QED) is 0.934. The molecule has 2 N–H and O–H groups in total. The van der Waals surface area contributed by atoms with Crippen LogP contribution < -0.4 is 10.6 Å². The summed E-state index contributed by atoms with van der Waals surface area (Å²) in [7, 11) is 0. The number of amides is 3. The number of hydrogen-bond donors (Lipinski definition) is 1. The molecule has 2 heterocycles. The van der Waals surface area contributed by atoms with E-state index >= 15 is 0 Å². The van der Waals surface area contributed by atoms with Crippen molar-refractivity contribution in [3.8, 4) is 0 Å². The Kier molecular flexibility index (Phi) is 3.49. The number of fused-ring (bicyclic) bond motifs is 3. The lowest BCUT2D eigenvalue weighted by molar-refractivity contribution is -0.118. The Morgan fingerprint density at radius 2 is 1.83 bits per heavy atom. The summed E-state index contributed by atoms with van der Waals surface area (Å²) in [6, 6.07) is 17.8. The largest absolute Gasteiger partial charge is 0.368 e. The number of thioether (sulfide) groups is 1. The first-order valence-electron chi connectivity index (χ1n) is 7.77. The van der Waals surface area contributed by atoms with E-state index in [0.29, 0.717) is 6.54 Å². The van der Waals surface area contributed by atoms with Crippen molar-refractivity contribution < 1.29 is 9.59 Å². The lowest BCUT2D eigenvalue weighted by Gasteiger charge is -2.41. The summed E-state index contributed by atoms with van der Waals surface area (Å²) in [4.78, 5) is 28.9. The fraction of sp³-hybridized carbons (Fsp3) is 0.222. The summed E-state index contributed by atoms with van der Waals surface area (Å²) in [5, 5.41) is 0. The molecule has 0 bridgehead atoms. The van der Waals surface area contributed by atoms with Gasteiger partial charge in [-0.05, 0) is 17.7 Å². The molecular weight excluding hydrogens is 322 g/mol. The molecule has 0 aliphatic carbocycles. The molecule has 6 heteroatoms. The fourth-order valence-corrected chi connectivity index (χ4v) is 4.81. The van der Waals surface area contributed by atoms with Crippen LogP contribution in [0.15, 0.2) is 59.5 Å². The van der Waals surface area contributed by atoms with Gasteiger partial charge in [-0.1, -0.05) is 42.5 Å². The van der Waals surface area contributed by atoms with Crippen molar-refractivity contribution in [3.05, 3.63) is 60.2 Å². The van der Waals surface area contributed by atoms with Crippen LogP contribution in [0.1, 0.15) is 5.56 Å². The van der Waals surface area contributed by atoms with E-state index in [1.54, 1.807) is 16.7 Å². The number of carbonyl (C=O) groups is 2. The molecule has 0 radical (unpaired) electrons. The van der Waals surface area contributed by atoms with Crippen molar-refractivity contribution in [2.24, 2.45) is 5.73 Å². The number of benzene rings is 2. The number of nitrogens with two attached hydrogens (primary N) is 1. The van der Waals surface area contributed by atoms with E-state index in [4.69, 9.17) is 5.73 Å². The Morgan fingerprint density at radius 1 is 1.12 bits per heavy atom. The highest BCUT2D eigenvalue weighted by molar-refractivity contribution is 7.99. The number of anilines is 1. The van der Waals surface area contributed by atoms with Crippen molar-refractivity contribution in [3.63, 3.8) is 0 Å². The average molecular weight is 339 g/mol. The first-order valence-corrected chi connectivity index (χ1v) is 8.75. The van der Waals surface area contributed by atoms with Crippen LogP contribution in [-0.4, -0.2) is 35.7 Å². The summed E-state index contributed by atoms with van der Waals surface area (Å²) in [5.74, 6) is 0.252. The van der Waals surface area contributed by atoms with E-state index in [-0.39, 0.29) is 12.6 Å². The average Bonchev–Trinajstić information content (AvgIpc) is 2.89.